The largest absolute Gasteiger partial charge is 0.352 e. The van der Waals surface area contributed by atoms with E-state index in [1.807, 2.05) is 61.5 Å². The van der Waals surface area contributed by atoms with E-state index in [1.165, 1.54) is 12.1 Å². The number of hydrogen-bond donors (Lipinski definition) is 1. The van der Waals surface area contributed by atoms with Crippen LogP contribution in [0.1, 0.15) is 42.4 Å². The van der Waals surface area contributed by atoms with Gasteiger partial charge in [0.1, 0.15) is 12.6 Å². The minimum Gasteiger partial charge on any atom is -0.352 e. The normalized spacial score (nSPS) is 14.1. The van der Waals surface area contributed by atoms with Gasteiger partial charge in [-0.3, -0.25) is 13.9 Å². The molecule has 0 aliphatic heterocycles. The summed E-state index contributed by atoms with van der Waals surface area (Å²) in [7, 11) is -4.14. The van der Waals surface area contributed by atoms with E-state index >= 15 is 0 Å². The minimum absolute atomic E-state index is 0.0590. The van der Waals surface area contributed by atoms with Gasteiger partial charge in [-0.1, -0.05) is 113 Å². The monoisotopic (exact) mass is 687 g/mol. The van der Waals surface area contributed by atoms with Gasteiger partial charge >= 0.3 is 0 Å². The highest BCUT2D eigenvalue weighted by Gasteiger charge is 2.35. The van der Waals surface area contributed by atoms with Gasteiger partial charge in [0, 0.05) is 23.5 Å². The van der Waals surface area contributed by atoms with E-state index in [0.717, 1.165) is 46.7 Å². The minimum atomic E-state index is -4.14. The van der Waals surface area contributed by atoms with Crippen LogP contribution >= 0.6 is 15.9 Å². The van der Waals surface area contributed by atoms with Crippen molar-refractivity contribution in [3.63, 3.8) is 0 Å². The average Bonchev–Trinajstić information content (AvgIpc) is 3.56. The lowest BCUT2D eigenvalue weighted by molar-refractivity contribution is -0.140. The first-order chi connectivity index (χ1) is 21.7. The van der Waals surface area contributed by atoms with Crippen LogP contribution < -0.4 is 9.62 Å². The summed E-state index contributed by atoms with van der Waals surface area (Å²) in [5, 5.41) is 3.21. The molecule has 7 nitrogen and oxygen atoms in total. The number of benzene rings is 4. The Balaban J connectivity index is 1.56. The number of carbonyl (C=O) groups is 2. The summed E-state index contributed by atoms with van der Waals surface area (Å²) in [6, 6.07) is 31.6. The molecule has 9 heteroatoms. The van der Waals surface area contributed by atoms with Gasteiger partial charge in [0.25, 0.3) is 10.0 Å². The number of hydrogen-bond acceptors (Lipinski definition) is 4. The van der Waals surface area contributed by atoms with Crippen molar-refractivity contribution in [2.24, 2.45) is 0 Å². The molecule has 2 amide bonds. The standard InChI is InChI=1S/C36H38BrN3O4S/c1-27-19-21-29(22-20-27)25-39(34(23-28-11-4-2-5-12-28)36(42)38-31-14-8-9-15-31)35(41)26-40(32-16-10-13-30(37)24-32)45(43,44)33-17-6-3-7-18-33/h2-7,10-13,16-22,24,31,34H,8-9,14-15,23,25-26H2,1H3,(H,38,42)/t34-/m0/s1. The zero-order chi connectivity index (χ0) is 31.8. The molecule has 4 aromatic rings. The number of nitrogens with one attached hydrogen (secondary N) is 1. The van der Waals surface area contributed by atoms with Gasteiger partial charge in [-0.15, -0.1) is 0 Å². The predicted molar refractivity (Wildman–Crippen MR) is 181 cm³/mol. The Morgan fingerprint density at radius 1 is 0.844 bits per heavy atom. The number of nitrogens with zero attached hydrogens (tertiary/aromatic N) is 2. The molecule has 1 fully saturated rings. The van der Waals surface area contributed by atoms with Gasteiger partial charge in [0.15, 0.2) is 0 Å². The Hall–Kier alpha value is -3.95. The molecular formula is C36H38BrN3O4S. The van der Waals surface area contributed by atoms with Crippen molar-refractivity contribution in [2.45, 2.75) is 62.6 Å². The zero-order valence-electron chi connectivity index (χ0n) is 25.3. The van der Waals surface area contributed by atoms with Crippen molar-refractivity contribution in [1.29, 1.82) is 0 Å². The molecule has 1 aliphatic carbocycles. The highest BCUT2D eigenvalue weighted by Crippen LogP contribution is 2.27. The van der Waals surface area contributed by atoms with Crippen molar-refractivity contribution in [1.82, 2.24) is 10.2 Å². The topological polar surface area (TPSA) is 86.8 Å². The molecule has 4 aromatic carbocycles. The molecule has 1 aliphatic rings. The Kier molecular flexibility index (Phi) is 10.7. The molecule has 45 heavy (non-hydrogen) atoms. The van der Waals surface area contributed by atoms with Gasteiger partial charge in [-0.25, -0.2) is 8.42 Å². The Morgan fingerprint density at radius 3 is 2.13 bits per heavy atom. The summed E-state index contributed by atoms with van der Waals surface area (Å²) in [6.45, 7) is 1.65. The van der Waals surface area contributed by atoms with Gasteiger partial charge in [-0.05, 0) is 61.2 Å². The van der Waals surface area contributed by atoms with Crippen LogP contribution in [0.3, 0.4) is 0 Å². The van der Waals surface area contributed by atoms with E-state index in [2.05, 4.69) is 21.2 Å². The average molecular weight is 689 g/mol. The highest BCUT2D eigenvalue weighted by molar-refractivity contribution is 9.10. The third-order valence-corrected chi connectivity index (χ3v) is 10.4. The molecule has 1 N–H and O–H groups in total. The zero-order valence-corrected chi connectivity index (χ0v) is 27.7. The Bertz CT molecular complexity index is 1690. The summed E-state index contributed by atoms with van der Waals surface area (Å²) >= 11 is 3.45. The van der Waals surface area contributed by atoms with Crippen LogP contribution in [0, 0.1) is 6.92 Å². The number of sulfonamides is 1. The van der Waals surface area contributed by atoms with Gasteiger partial charge in [-0.2, -0.15) is 0 Å². The second kappa shape index (κ2) is 14.9. The fraction of sp³-hybridized carbons (Fsp3) is 0.278. The van der Waals surface area contributed by atoms with Crippen LogP contribution in [0.15, 0.2) is 119 Å². The van der Waals surface area contributed by atoms with Crippen LogP contribution in [0.5, 0.6) is 0 Å². The van der Waals surface area contributed by atoms with Crippen molar-refractivity contribution in [2.75, 3.05) is 10.8 Å². The first-order valence-corrected chi connectivity index (χ1v) is 17.5. The highest BCUT2D eigenvalue weighted by atomic mass is 79.9. The molecule has 5 rings (SSSR count). The number of amides is 2. The summed E-state index contributed by atoms with van der Waals surface area (Å²) in [5.74, 6) is -0.705. The third-order valence-electron chi connectivity index (χ3n) is 8.15. The molecule has 0 heterocycles. The van der Waals surface area contributed by atoms with E-state index in [9.17, 15) is 18.0 Å². The fourth-order valence-corrected chi connectivity index (χ4v) is 7.51. The first kappa shape index (κ1) is 32.4. The number of anilines is 1. The molecular weight excluding hydrogens is 650 g/mol. The number of rotatable bonds is 12. The smallest absolute Gasteiger partial charge is 0.264 e. The molecule has 1 atom stereocenters. The van der Waals surface area contributed by atoms with E-state index in [4.69, 9.17) is 0 Å². The summed E-state index contributed by atoms with van der Waals surface area (Å²) in [6.07, 6.45) is 4.21. The predicted octanol–water partition coefficient (Wildman–Crippen LogP) is 6.65. The maximum atomic E-state index is 14.6. The molecule has 0 radical (unpaired) electrons. The van der Waals surface area contributed by atoms with Crippen LogP contribution in [-0.2, 0) is 32.6 Å². The summed E-state index contributed by atoms with van der Waals surface area (Å²) < 4.78 is 30.0. The SMILES string of the molecule is Cc1ccc(CN(C(=O)CN(c2cccc(Br)c2)S(=O)(=O)c2ccccc2)[C@@H](Cc2ccccc2)C(=O)NC2CCCC2)cc1. The van der Waals surface area contributed by atoms with E-state index in [-0.39, 0.29) is 23.4 Å². The van der Waals surface area contributed by atoms with Crippen molar-refractivity contribution in [3.05, 3.63) is 130 Å². The van der Waals surface area contributed by atoms with E-state index < -0.39 is 28.5 Å². The van der Waals surface area contributed by atoms with E-state index in [0.29, 0.717) is 16.6 Å². The molecule has 0 unspecified atom stereocenters. The number of aryl methyl sites for hydroxylation is 1. The Morgan fingerprint density at radius 2 is 1.49 bits per heavy atom. The number of halogens is 1. The van der Waals surface area contributed by atoms with Crippen molar-refractivity contribution in [3.8, 4) is 0 Å². The molecule has 1 saturated carbocycles. The molecule has 0 spiro atoms. The quantitative estimate of drug-likeness (QED) is 0.181. The lowest BCUT2D eigenvalue weighted by atomic mass is 10.0. The maximum Gasteiger partial charge on any atom is 0.264 e. The maximum absolute atomic E-state index is 14.6. The second-order valence-corrected chi connectivity index (χ2v) is 14.3. The molecule has 0 aromatic heterocycles. The fourth-order valence-electron chi connectivity index (χ4n) is 5.69. The van der Waals surface area contributed by atoms with Crippen molar-refractivity contribution < 1.29 is 18.0 Å². The summed E-state index contributed by atoms with van der Waals surface area (Å²) in [4.78, 5) is 30.3. The lowest BCUT2D eigenvalue weighted by Gasteiger charge is -2.34. The molecule has 0 bridgehead atoms. The van der Waals surface area contributed by atoms with Gasteiger partial charge in [0.2, 0.25) is 11.8 Å². The van der Waals surface area contributed by atoms with Crippen LogP contribution in [0.4, 0.5) is 5.69 Å². The third kappa shape index (κ3) is 8.41. The Labute approximate surface area is 274 Å². The van der Waals surface area contributed by atoms with Gasteiger partial charge in [0.05, 0.1) is 10.6 Å². The lowest BCUT2D eigenvalue weighted by Crippen LogP contribution is -2.54. The summed E-state index contributed by atoms with van der Waals surface area (Å²) in [5.41, 5.74) is 3.17. The second-order valence-electron chi connectivity index (χ2n) is 11.5. The van der Waals surface area contributed by atoms with Crippen LogP contribution in [0.25, 0.3) is 0 Å². The van der Waals surface area contributed by atoms with Crippen molar-refractivity contribution >= 4 is 43.5 Å². The van der Waals surface area contributed by atoms with Crippen LogP contribution in [-0.4, -0.2) is 43.8 Å². The molecule has 0 saturated heterocycles. The van der Waals surface area contributed by atoms with Crippen LogP contribution in [0.2, 0.25) is 0 Å². The van der Waals surface area contributed by atoms with E-state index in [1.54, 1.807) is 47.4 Å². The number of carbonyl (C=O) groups excluding carboxylic acids is 2. The molecule has 234 valence electrons. The van der Waals surface area contributed by atoms with Gasteiger partial charge < -0.3 is 10.2 Å². The first-order valence-electron chi connectivity index (χ1n) is 15.2.